The van der Waals surface area contributed by atoms with E-state index in [1.165, 1.54) is 25.3 Å². The van der Waals surface area contributed by atoms with E-state index in [1.54, 1.807) is 18.2 Å². The van der Waals surface area contributed by atoms with Crippen LogP contribution in [-0.4, -0.2) is 28.0 Å². The zero-order chi connectivity index (χ0) is 18.9. The summed E-state index contributed by atoms with van der Waals surface area (Å²) in [5, 5.41) is 8.40. The van der Waals surface area contributed by atoms with Crippen LogP contribution in [0.5, 0.6) is 11.5 Å². The number of halogens is 1. The van der Waals surface area contributed by atoms with Gasteiger partial charge in [0.05, 0.1) is 23.6 Å². The quantitative estimate of drug-likeness (QED) is 0.823. The molecule has 0 spiro atoms. The Labute approximate surface area is 156 Å². The van der Waals surface area contributed by atoms with Crippen LogP contribution in [0.2, 0.25) is 5.02 Å². The monoisotopic (exact) mass is 396 g/mol. The highest BCUT2D eigenvalue weighted by atomic mass is 35.5. The molecule has 26 heavy (non-hydrogen) atoms. The Morgan fingerprint density at radius 2 is 2.08 bits per heavy atom. The number of anilines is 1. The van der Waals surface area contributed by atoms with Crippen molar-refractivity contribution in [2.24, 2.45) is 11.1 Å². The highest BCUT2D eigenvalue weighted by Crippen LogP contribution is 2.32. The number of hydrogen-bond donors (Lipinski definition) is 2. The van der Waals surface area contributed by atoms with Gasteiger partial charge in [-0.05, 0) is 48.4 Å². The number of carbonyl (C=O) groups is 1. The minimum Gasteiger partial charge on any atom is -0.495 e. The number of ether oxygens (including phenoxy) is 2. The van der Waals surface area contributed by atoms with Crippen LogP contribution in [0, 0.1) is 5.92 Å². The van der Waals surface area contributed by atoms with Gasteiger partial charge in [-0.25, -0.2) is 13.6 Å². The number of nitrogens with one attached hydrogen (secondary N) is 1. The number of benzene rings is 2. The molecule has 1 unspecified atom stereocenters. The number of methoxy groups -OCH3 is 1. The minimum absolute atomic E-state index is 0.120. The zero-order valence-corrected chi connectivity index (χ0v) is 15.4. The normalized spacial score (nSPS) is 16.3. The number of sulfonamides is 1. The van der Waals surface area contributed by atoms with Gasteiger partial charge in [0, 0.05) is 5.02 Å². The van der Waals surface area contributed by atoms with Gasteiger partial charge in [-0.15, -0.1) is 0 Å². The van der Waals surface area contributed by atoms with E-state index in [0.29, 0.717) is 22.9 Å². The van der Waals surface area contributed by atoms with Crippen molar-refractivity contribution in [2.45, 2.75) is 11.3 Å². The number of carbonyl (C=O) groups excluding carboxylic acids is 1. The molecule has 0 saturated carbocycles. The Morgan fingerprint density at radius 3 is 2.77 bits per heavy atom. The number of fused-ring (bicyclic) bond motifs is 1. The second-order valence-electron chi connectivity index (χ2n) is 5.86. The fourth-order valence-corrected chi connectivity index (χ4v) is 3.46. The summed E-state index contributed by atoms with van der Waals surface area (Å²) in [5.41, 5.74) is 1.06. The fraction of sp³-hybridized carbons (Fsp3) is 0.235. The molecule has 3 N–H and O–H groups in total. The second-order valence-corrected chi connectivity index (χ2v) is 7.86. The molecule has 2 aromatic rings. The van der Waals surface area contributed by atoms with E-state index in [-0.39, 0.29) is 23.1 Å². The van der Waals surface area contributed by atoms with Crippen molar-refractivity contribution in [3.8, 4) is 11.5 Å². The highest BCUT2D eigenvalue weighted by Gasteiger charge is 2.27. The first-order valence-electron chi connectivity index (χ1n) is 7.71. The molecule has 1 aliphatic heterocycles. The standard InChI is InChI=1S/C17H17ClN2O5S/c1-24-16-5-3-13(26(19,22)23)8-14(16)20-17(21)11-6-10-7-12(18)2-4-15(10)25-9-11/h2-5,7-8,11H,6,9H2,1H3,(H,20,21)(H2,19,22,23). The third kappa shape index (κ3) is 3.92. The summed E-state index contributed by atoms with van der Waals surface area (Å²) in [7, 11) is -2.48. The molecule has 0 bridgehead atoms. The Kier molecular flexibility index (Phi) is 5.08. The van der Waals surface area contributed by atoms with Gasteiger partial charge in [-0.2, -0.15) is 0 Å². The lowest BCUT2D eigenvalue weighted by Gasteiger charge is -2.25. The molecule has 1 heterocycles. The van der Waals surface area contributed by atoms with Gasteiger partial charge in [0.25, 0.3) is 0 Å². The van der Waals surface area contributed by atoms with Gasteiger partial charge in [0.1, 0.15) is 18.1 Å². The maximum atomic E-state index is 12.6. The van der Waals surface area contributed by atoms with Crippen LogP contribution in [0.3, 0.4) is 0 Å². The number of amides is 1. The molecule has 1 aliphatic rings. The van der Waals surface area contributed by atoms with Gasteiger partial charge >= 0.3 is 0 Å². The number of primary sulfonamides is 1. The molecule has 0 radical (unpaired) electrons. The van der Waals surface area contributed by atoms with Crippen LogP contribution in [0.1, 0.15) is 5.56 Å². The largest absolute Gasteiger partial charge is 0.495 e. The van der Waals surface area contributed by atoms with E-state index in [4.69, 9.17) is 26.2 Å². The molecule has 0 aromatic heterocycles. The maximum Gasteiger partial charge on any atom is 0.238 e. The molecule has 7 nitrogen and oxygen atoms in total. The number of rotatable bonds is 4. The first kappa shape index (κ1) is 18.5. The molecule has 9 heteroatoms. The van der Waals surface area contributed by atoms with Crippen LogP contribution in [0.15, 0.2) is 41.3 Å². The molecule has 0 aliphatic carbocycles. The van der Waals surface area contributed by atoms with E-state index >= 15 is 0 Å². The van der Waals surface area contributed by atoms with Crippen molar-refractivity contribution in [3.05, 3.63) is 47.0 Å². The average Bonchev–Trinajstić information content (AvgIpc) is 2.60. The van der Waals surface area contributed by atoms with Gasteiger partial charge in [-0.3, -0.25) is 4.79 Å². The van der Waals surface area contributed by atoms with Crippen molar-refractivity contribution in [1.82, 2.24) is 0 Å². The van der Waals surface area contributed by atoms with E-state index in [0.717, 1.165) is 5.56 Å². The van der Waals surface area contributed by atoms with E-state index in [1.807, 2.05) is 0 Å². The highest BCUT2D eigenvalue weighted by molar-refractivity contribution is 7.89. The van der Waals surface area contributed by atoms with Crippen LogP contribution >= 0.6 is 11.6 Å². The van der Waals surface area contributed by atoms with Gasteiger partial charge < -0.3 is 14.8 Å². The molecular weight excluding hydrogens is 380 g/mol. The minimum atomic E-state index is -3.90. The summed E-state index contributed by atoms with van der Waals surface area (Å²) in [4.78, 5) is 12.5. The van der Waals surface area contributed by atoms with Crippen molar-refractivity contribution in [2.75, 3.05) is 19.0 Å². The van der Waals surface area contributed by atoms with Crippen molar-refractivity contribution >= 4 is 33.2 Å². The molecule has 0 fully saturated rings. The van der Waals surface area contributed by atoms with Crippen molar-refractivity contribution in [1.29, 1.82) is 0 Å². The van der Waals surface area contributed by atoms with Crippen LogP contribution in [-0.2, 0) is 21.2 Å². The molecule has 1 amide bonds. The summed E-state index contributed by atoms with van der Waals surface area (Å²) < 4.78 is 33.9. The van der Waals surface area contributed by atoms with Crippen LogP contribution in [0.25, 0.3) is 0 Å². The first-order valence-corrected chi connectivity index (χ1v) is 9.63. The van der Waals surface area contributed by atoms with Crippen LogP contribution in [0.4, 0.5) is 5.69 Å². The Bertz CT molecular complexity index is 962. The Balaban J connectivity index is 1.82. The summed E-state index contributed by atoms with van der Waals surface area (Å²) in [6, 6.07) is 9.27. The van der Waals surface area contributed by atoms with E-state index < -0.39 is 15.9 Å². The zero-order valence-electron chi connectivity index (χ0n) is 13.9. The fourth-order valence-electron chi connectivity index (χ4n) is 2.73. The van der Waals surface area contributed by atoms with Crippen molar-refractivity contribution in [3.63, 3.8) is 0 Å². The van der Waals surface area contributed by atoms with E-state index in [9.17, 15) is 13.2 Å². The Hall–Kier alpha value is -2.29. The van der Waals surface area contributed by atoms with Gasteiger partial charge in [-0.1, -0.05) is 11.6 Å². The molecular formula is C17H17ClN2O5S. The third-order valence-corrected chi connectivity index (χ3v) is 5.20. The summed E-state index contributed by atoms with van der Waals surface area (Å²) in [5.74, 6) is 0.252. The number of nitrogens with two attached hydrogens (primary N) is 1. The molecule has 138 valence electrons. The van der Waals surface area contributed by atoms with E-state index in [2.05, 4.69) is 5.32 Å². The summed E-state index contributed by atoms with van der Waals surface area (Å²) in [6.07, 6.45) is 0.457. The summed E-state index contributed by atoms with van der Waals surface area (Å²) >= 11 is 5.99. The maximum absolute atomic E-state index is 12.6. The van der Waals surface area contributed by atoms with Crippen LogP contribution < -0.4 is 19.9 Å². The second kappa shape index (κ2) is 7.14. The Morgan fingerprint density at radius 1 is 1.31 bits per heavy atom. The topological polar surface area (TPSA) is 108 Å². The van der Waals surface area contributed by atoms with Crippen molar-refractivity contribution < 1.29 is 22.7 Å². The molecule has 0 saturated heterocycles. The average molecular weight is 397 g/mol. The lowest BCUT2D eigenvalue weighted by molar-refractivity contribution is -0.121. The van der Waals surface area contributed by atoms with Gasteiger partial charge in [0.15, 0.2) is 0 Å². The third-order valence-electron chi connectivity index (χ3n) is 4.06. The first-order chi connectivity index (χ1) is 12.3. The molecule has 2 aromatic carbocycles. The SMILES string of the molecule is COc1ccc(S(N)(=O)=O)cc1NC(=O)C1COc2ccc(Cl)cc2C1. The predicted octanol–water partition coefficient (Wildman–Crippen LogP) is 2.19. The molecule has 3 rings (SSSR count). The smallest absolute Gasteiger partial charge is 0.238 e. The lowest BCUT2D eigenvalue weighted by Crippen LogP contribution is -2.32. The molecule has 1 atom stereocenters. The summed E-state index contributed by atoms with van der Waals surface area (Å²) in [6.45, 7) is 0.206. The number of hydrogen-bond acceptors (Lipinski definition) is 5. The van der Waals surface area contributed by atoms with Gasteiger partial charge in [0.2, 0.25) is 15.9 Å². The predicted molar refractivity (Wildman–Crippen MR) is 97.1 cm³/mol. The lowest BCUT2D eigenvalue weighted by atomic mass is 9.96.